The summed E-state index contributed by atoms with van der Waals surface area (Å²) in [6.07, 6.45) is 2.96. The van der Waals surface area contributed by atoms with Crippen LogP contribution in [0.5, 0.6) is 0 Å². The van der Waals surface area contributed by atoms with Crippen molar-refractivity contribution in [2.24, 2.45) is 17.6 Å². The largest absolute Gasteiger partial charge is 0.337 e. The maximum absolute atomic E-state index is 12.4. The van der Waals surface area contributed by atoms with E-state index in [9.17, 15) is 4.79 Å². The lowest BCUT2D eigenvalue weighted by atomic mass is 9.91. The zero-order valence-corrected chi connectivity index (χ0v) is 13.4. The molecule has 5 heteroatoms. The maximum Gasteiger partial charge on any atom is 0.273 e. The van der Waals surface area contributed by atoms with E-state index in [1.165, 1.54) is 0 Å². The highest BCUT2D eigenvalue weighted by Gasteiger charge is 2.26. The van der Waals surface area contributed by atoms with Gasteiger partial charge in [0.25, 0.3) is 5.91 Å². The van der Waals surface area contributed by atoms with E-state index in [1.54, 1.807) is 11.3 Å². The van der Waals surface area contributed by atoms with E-state index in [4.69, 9.17) is 5.73 Å². The summed E-state index contributed by atoms with van der Waals surface area (Å²) in [6.45, 7) is 8.01. The highest BCUT2D eigenvalue weighted by Crippen LogP contribution is 2.22. The summed E-state index contributed by atoms with van der Waals surface area (Å²) in [5, 5.41) is 2.96. The molecule has 1 aliphatic rings. The predicted octanol–water partition coefficient (Wildman–Crippen LogP) is 2.54. The van der Waals surface area contributed by atoms with Gasteiger partial charge in [-0.05, 0) is 31.6 Å². The molecule has 1 saturated heterocycles. The van der Waals surface area contributed by atoms with Gasteiger partial charge >= 0.3 is 0 Å². The minimum absolute atomic E-state index is 0.0828. The lowest BCUT2D eigenvalue weighted by Crippen LogP contribution is -2.42. The fraction of sp³-hybridized carbons (Fsp3) is 0.733. The van der Waals surface area contributed by atoms with Crippen molar-refractivity contribution >= 4 is 17.2 Å². The maximum atomic E-state index is 12.4. The van der Waals surface area contributed by atoms with Crippen LogP contribution in [0.15, 0.2) is 5.38 Å². The number of hydrogen-bond acceptors (Lipinski definition) is 4. The van der Waals surface area contributed by atoms with E-state index < -0.39 is 0 Å². The molecule has 0 aliphatic carbocycles. The summed E-state index contributed by atoms with van der Waals surface area (Å²) in [5.41, 5.74) is 6.55. The number of hydrogen-bond donors (Lipinski definition) is 1. The first-order valence-corrected chi connectivity index (χ1v) is 8.34. The predicted molar refractivity (Wildman–Crippen MR) is 82.9 cm³/mol. The van der Waals surface area contributed by atoms with Gasteiger partial charge in [0, 0.05) is 30.9 Å². The number of likely N-dealkylation sites (tertiary alicyclic amines) is 1. The number of carbonyl (C=O) groups excluding carboxylic acids is 1. The van der Waals surface area contributed by atoms with E-state index in [-0.39, 0.29) is 11.9 Å². The van der Waals surface area contributed by atoms with Crippen molar-refractivity contribution in [1.82, 2.24) is 9.88 Å². The number of piperidine rings is 1. The van der Waals surface area contributed by atoms with Gasteiger partial charge in [-0.3, -0.25) is 4.79 Å². The number of amides is 1. The van der Waals surface area contributed by atoms with Crippen molar-refractivity contribution in [3.05, 3.63) is 16.1 Å². The van der Waals surface area contributed by atoms with Crippen molar-refractivity contribution in [3.63, 3.8) is 0 Å². The van der Waals surface area contributed by atoms with Gasteiger partial charge in [0.1, 0.15) is 5.69 Å². The molecule has 1 aromatic rings. The molecule has 112 valence electrons. The van der Waals surface area contributed by atoms with Crippen LogP contribution in [0.4, 0.5) is 0 Å². The Labute approximate surface area is 125 Å². The van der Waals surface area contributed by atoms with Gasteiger partial charge in [-0.2, -0.15) is 0 Å². The van der Waals surface area contributed by atoms with Gasteiger partial charge < -0.3 is 10.6 Å². The number of nitrogens with zero attached hydrogens (tertiary/aromatic N) is 2. The smallest absolute Gasteiger partial charge is 0.273 e. The van der Waals surface area contributed by atoms with Crippen molar-refractivity contribution < 1.29 is 4.79 Å². The Balaban J connectivity index is 1.93. The van der Waals surface area contributed by atoms with E-state index in [1.807, 2.05) is 10.3 Å². The van der Waals surface area contributed by atoms with Crippen molar-refractivity contribution in [1.29, 1.82) is 0 Å². The highest BCUT2D eigenvalue weighted by molar-refractivity contribution is 7.09. The van der Waals surface area contributed by atoms with E-state index in [2.05, 4.69) is 25.8 Å². The molecule has 0 radical (unpaired) electrons. The normalized spacial score (nSPS) is 18.6. The van der Waals surface area contributed by atoms with Crippen LogP contribution in [0, 0.1) is 11.8 Å². The average molecular weight is 295 g/mol. The minimum Gasteiger partial charge on any atom is -0.337 e. The Morgan fingerprint density at radius 1 is 1.45 bits per heavy atom. The van der Waals surface area contributed by atoms with Crippen molar-refractivity contribution in [2.45, 2.75) is 46.1 Å². The molecule has 4 nitrogen and oxygen atoms in total. The Hall–Kier alpha value is -0.940. The van der Waals surface area contributed by atoms with Crippen LogP contribution in [0.2, 0.25) is 0 Å². The zero-order chi connectivity index (χ0) is 14.7. The fourth-order valence-electron chi connectivity index (χ4n) is 2.64. The average Bonchev–Trinajstić information content (AvgIpc) is 2.85. The van der Waals surface area contributed by atoms with E-state index in [0.717, 1.165) is 37.4 Å². The lowest BCUT2D eigenvalue weighted by molar-refractivity contribution is 0.0675. The van der Waals surface area contributed by atoms with Crippen LogP contribution in [0.25, 0.3) is 0 Å². The Morgan fingerprint density at radius 2 is 2.10 bits per heavy atom. The number of aromatic nitrogens is 1. The Morgan fingerprint density at radius 3 is 2.65 bits per heavy atom. The topological polar surface area (TPSA) is 59.2 Å². The molecule has 1 aromatic heterocycles. The molecule has 1 atom stereocenters. The van der Waals surface area contributed by atoms with Crippen LogP contribution in [-0.2, 0) is 6.42 Å². The molecule has 2 N–H and O–H groups in total. The lowest BCUT2D eigenvalue weighted by Gasteiger charge is -2.33. The molecule has 1 unspecified atom stereocenters. The fourth-order valence-corrected chi connectivity index (χ4v) is 3.62. The molecule has 0 aromatic carbocycles. The summed E-state index contributed by atoms with van der Waals surface area (Å²) in [6, 6.07) is 0.226. The Bertz CT molecular complexity index is 448. The molecule has 0 spiro atoms. The Kier molecular flexibility index (Phi) is 5.16. The summed E-state index contributed by atoms with van der Waals surface area (Å²) in [4.78, 5) is 18.8. The monoisotopic (exact) mass is 295 g/mol. The van der Waals surface area contributed by atoms with Crippen molar-refractivity contribution in [2.75, 3.05) is 13.1 Å². The van der Waals surface area contributed by atoms with E-state index in [0.29, 0.717) is 17.5 Å². The van der Waals surface area contributed by atoms with Gasteiger partial charge in [-0.15, -0.1) is 11.3 Å². The van der Waals surface area contributed by atoms with Crippen LogP contribution >= 0.6 is 11.3 Å². The molecule has 1 amide bonds. The van der Waals surface area contributed by atoms with Gasteiger partial charge in [-0.1, -0.05) is 13.8 Å². The summed E-state index contributed by atoms with van der Waals surface area (Å²) in [7, 11) is 0. The number of carbonyl (C=O) groups is 1. The van der Waals surface area contributed by atoms with Crippen molar-refractivity contribution in [3.8, 4) is 0 Å². The molecule has 0 saturated carbocycles. The molecule has 2 rings (SSSR count). The van der Waals surface area contributed by atoms with Gasteiger partial charge in [-0.25, -0.2) is 4.98 Å². The number of nitrogens with two attached hydrogens (primary N) is 1. The molecular weight excluding hydrogens is 270 g/mol. The van der Waals surface area contributed by atoms with E-state index >= 15 is 0 Å². The second kappa shape index (κ2) is 6.68. The first kappa shape index (κ1) is 15.4. The summed E-state index contributed by atoms with van der Waals surface area (Å²) in [5.74, 6) is 1.20. The number of thiazole rings is 1. The molecular formula is C15H25N3OS. The van der Waals surface area contributed by atoms with Crippen LogP contribution in [0.3, 0.4) is 0 Å². The minimum atomic E-state index is 0.0828. The van der Waals surface area contributed by atoms with Crippen LogP contribution < -0.4 is 5.73 Å². The third kappa shape index (κ3) is 3.79. The first-order valence-electron chi connectivity index (χ1n) is 7.46. The molecule has 0 bridgehead atoms. The summed E-state index contributed by atoms with van der Waals surface area (Å²) < 4.78 is 0. The summed E-state index contributed by atoms with van der Waals surface area (Å²) >= 11 is 1.60. The second-order valence-electron chi connectivity index (χ2n) is 6.21. The SMILES string of the molecule is CC(C)Cc1nc(C(=O)N2CCC(C(C)N)CC2)cs1. The third-order valence-electron chi connectivity index (χ3n) is 3.92. The number of rotatable bonds is 4. The van der Waals surface area contributed by atoms with Gasteiger partial charge in [0.15, 0.2) is 0 Å². The zero-order valence-electron chi connectivity index (χ0n) is 12.6. The quantitative estimate of drug-likeness (QED) is 0.928. The molecule has 1 aliphatic heterocycles. The van der Waals surface area contributed by atoms with Gasteiger partial charge in [0.05, 0.1) is 5.01 Å². The molecule has 2 heterocycles. The van der Waals surface area contributed by atoms with Gasteiger partial charge in [0.2, 0.25) is 0 Å². The standard InChI is InChI=1S/C15H25N3OS/c1-10(2)8-14-17-13(9-20-14)15(19)18-6-4-12(5-7-18)11(3)16/h9-12H,4-8,16H2,1-3H3. The first-order chi connectivity index (χ1) is 9.47. The molecule has 1 fully saturated rings. The second-order valence-corrected chi connectivity index (χ2v) is 7.16. The van der Waals surface area contributed by atoms with Crippen LogP contribution in [0.1, 0.15) is 49.1 Å². The third-order valence-corrected chi connectivity index (χ3v) is 4.80. The molecule has 20 heavy (non-hydrogen) atoms. The highest BCUT2D eigenvalue weighted by atomic mass is 32.1. The van der Waals surface area contributed by atoms with Crippen LogP contribution in [-0.4, -0.2) is 34.9 Å².